The van der Waals surface area contributed by atoms with Gasteiger partial charge in [-0.2, -0.15) is 22.9 Å². The van der Waals surface area contributed by atoms with E-state index in [9.17, 15) is 13.2 Å². The Bertz CT molecular complexity index is 303. The minimum Gasteiger partial charge on any atom is -0.179 e. The van der Waals surface area contributed by atoms with E-state index in [1.807, 2.05) is 0 Å². The monoisotopic (exact) mass is 190 g/mol. The Morgan fingerprint density at radius 3 is 1.92 bits per heavy atom. The molecule has 0 atom stereocenters. The lowest BCUT2D eigenvalue weighted by Crippen LogP contribution is -2.29. The molecule has 1 aromatic carbocycles. The van der Waals surface area contributed by atoms with Crippen LogP contribution in [-0.4, -0.2) is 6.18 Å². The van der Waals surface area contributed by atoms with Gasteiger partial charge in [-0.25, -0.2) is 0 Å². The van der Waals surface area contributed by atoms with Crippen LogP contribution >= 0.6 is 0 Å². The Morgan fingerprint density at radius 2 is 1.54 bits per heavy atom. The average Bonchev–Trinajstić information content (AvgIpc) is 2.84. The van der Waals surface area contributed by atoms with Crippen molar-refractivity contribution in [2.45, 2.75) is 12.0 Å². The van der Waals surface area contributed by atoms with Crippen molar-refractivity contribution in [1.82, 2.24) is 0 Å². The van der Waals surface area contributed by atoms with E-state index in [1.165, 1.54) is 24.3 Å². The lowest BCUT2D eigenvalue weighted by atomic mass is 10.1. The summed E-state index contributed by atoms with van der Waals surface area (Å²) in [6.45, 7) is 0. The fraction of sp³-hybridized carbons (Fsp3) is 0.250. The predicted molar refractivity (Wildman–Crippen MR) is 36.3 cm³/mol. The van der Waals surface area contributed by atoms with Crippen molar-refractivity contribution in [3.05, 3.63) is 35.9 Å². The van der Waals surface area contributed by atoms with Crippen molar-refractivity contribution in [3.63, 3.8) is 0 Å². The summed E-state index contributed by atoms with van der Waals surface area (Å²) in [5.41, 5.74) is -0.0394. The molecule has 1 heterocycles. The molecule has 1 aliphatic heterocycles. The van der Waals surface area contributed by atoms with Crippen LogP contribution in [0.15, 0.2) is 30.3 Å². The van der Waals surface area contributed by atoms with E-state index < -0.39 is 12.0 Å². The van der Waals surface area contributed by atoms with Gasteiger partial charge in [0, 0.05) is 5.56 Å². The normalized spacial score (nSPS) is 19.9. The number of rotatable bonds is 1. The van der Waals surface area contributed by atoms with Crippen LogP contribution in [0.5, 0.6) is 0 Å². The molecule has 1 aliphatic rings. The molecule has 0 saturated carbocycles. The Balaban J connectivity index is 2.37. The molecular weight excluding hydrogens is 185 g/mol. The summed E-state index contributed by atoms with van der Waals surface area (Å²) in [4.78, 5) is 8.04. The standard InChI is InChI=1S/C8H5F3O2/c9-8(10,11)7(12-13-7)6-4-2-1-3-5-6/h1-5H. The Morgan fingerprint density at radius 1 is 1.00 bits per heavy atom. The fourth-order valence-corrected chi connectivity index (χ4v) is 1.05. The molecule has 1 saturated heterocycles. The largest absolute Gasteiger partial charge is 0.453 e. The predicted octanol–water partition coefficient (Wildman–Crippen LogP) is 2.36. The highest BCUT2D eigenvalue weighted by Crippen LogP contribution is 2.52. The van der Waals surface area contributed by atoms with Crippen LogP contribution in [0, 0.1) is 0 Å². The van der Waals surface area contributed by atoms with E-state index in [1.54, 1.807) is 6.07 Å². The first-order chi connectivity index (χ1) is 6.06. The second-order valence-corrected chi connectivity index (χ2v) is 2.65. The van der Waals surface area contributed by atoms with Crippen LogP contribution in [0.4, 0.5) is 13.2 Å². The van der Waals surface area contributed by atoms with Crippen LogP contribution in [0.1, 0.15) is 5.56 Å². The zero-order chi connectivity index (χ0) is 9.53. The lowest BCUT2D eigenvalue weighted by molar-refractivity contribution is -0.195. The lowest BCUT2D eigenvalue weighted by Gasteiger charge is -2.10. The molecule has 5 heteroatoms. The van der Waals surface area contributed by atoms with E-state index in [0.717, 1.165) is 0 Å². The molecule has 0 bridgehead atoms. The molecule has 0 unspecified atom stereocenters. The SMILES string of the molecule is FC(F)(F)C1(c2ccccc2)OO1. The van der Waals surface area contributed by atoms with E-state index in [2.05, 4.69) is 9.78 Å². The molecule has 2 rings (SSSR count). The topological polar surface area (TPSA) is 25.1 Å². The molecular formula is C8H5F3O2. The van der Waals surface area contributed by atoms with Crippen LogP contribution in [0.3, 0.4) is 0 Å². The molecule has 0 N–H and O–H groups in total. The third kappa shape index (κ3) is 1.20. The summed E-state index contributed by atoms with van der Waals surface area (Å²) in [5.74, 6) is -2.52. The molecule has 70 valence electrons. The Hall–Kier alpha value is -1.07. The second kappa shape index (κ2) is 2.46. The highest BCUT2D eigenvalue weighted by atomic mass is 19.4. The van der Waals surface area contributed by atoms with Crippen molar-refractivity contribution in [2.75, 3.05) is 0 Å². The third-order valence-electron chi connectivity index (χ3n) is 1.78. The van der Waals surface area contributed by atoms with Gasteiger partial charge in [-0.05, 0) is 0 Å². The van der Waals surface area contributed by atoms with Gasteiger partial charge >= 0.3 is 12.0 Å². The summed E-state index contributed by atoms with van der Waals surface area (Å²) in [6.07, 6.45) is -4.53. The maximum atomic E-state index is 12.3. The highest BCUT2D eigenvalue weighted by Gasteiger charge is 2.71. The zero-order valence-electron chi connectivity index (χ0n) is 6.34. The number of halogens is 3. The minimum absolute atomic E-state index is 0.0394. The van der Waals surface area contributed by atoms with Gasteiger partial charge in [0.2, 0.25) is 0 Å². The summed E-state index contributed by atoms with van der Waals surface area (Å²) >= 11 is 0. The van der Waals surface area contributed by atoms with Gasteiger partial charge in [-0.3, -0.25) is 0 Å². The van der Waals surface area contributed by atoms with Gasteiger partial charge in [-0.15, -0.1) is 0 Å². The summed E-state index contributed by atoms with van der Waals surface area (Å²) < 4.78 is 37.0. The van der Waals surface area contributed by atoms with Gasteiger partial charge < -0.3 is 0 Å². The average molecular weight is 190 g/mol. The first-order valence-electron chi connectivity index (χ1n) is 3.55. The van der Waals surface area contributed by atoms with Gasteiger partial charge in [0.1, 0.15) is 0 Å². The molecule has 0 amide bonds. The fourth-order valence-electron chi connectivity index (χ4n) is 1.05. The molecule has 0 aliphatic carbocycles. The molecule has 0 spiro atoms. The Kier molecular flexibility index (Phi) is 1.61. The van der Waals surface area contributed by atoms with E-state index in [-0.39, 0.29) is 5.56 Å². The van der Waals surface area contributed by atoms with Crippen molar-refractivity contribution in [2.24, 2.45) is 0 Å². The highest BCUT2D eigenvalue weighted by molar-refractivity contribution is 5.23. The second-order valence-electron chi connectivity index (χ2n) is 2.65. The Labute approximate surface area is 71.8 Å². The van der Waals surface area contributed by atoms with Gasteiger partial charge in [0.25, 0.3) is 0 Å². The number of benzene rings is 1. The van der Waals surface area contributed by atoms with Gasteiger partial charge in [0.05, 0.1) is 0 Å². The summed E-state index contributed by atoms with van der Waals surface area (Å²) in [5, 5.41) is 0. The molecule has 13 heavy (non-hydrogen) atoms. The van der Waals surface area contributed by atoms with Crippen LogP contribution in [0.2, 0.25) is 0 Å². The van der Waals surface area contributed by atoms with Crippen molar-refractivity contribution < 1.29 is 22.9 Å². The summed E-state index contributed by atoms with van der Waals surface area (Å²) in [7, 11) is 0. The molecule has 2 nitrogen and oxygen atoms in total. The van der Waals surface area contributed by atoms with Crippen LogP contribution in [0.25, 0.3) is 0 Å². The number of hydrogen-bond donors (Lipinski definition) is 0. The van der Waals surface area contributed by atoms with Gasteiger partial charge in [-0.1, -0.05) is 30.3 Å². The van der Waals surface area contributed by atoms with Crippen molar-refractivity contribution in [1.29, 1.82) is 0 Å². The van der Waals surface area contributed by atoms with Gasteiger partial charge in [0.15, 0.2) is 0 Å². The van der Waals surface area contributed by atoms with E-state index >= 15 is 0 Å². The quantitative estimate of drug-likeness (QED) is 0.501. The van der Waals surface area contributed by atoms with E-state index in [4.69, 9.17) is 0 Å². The number of hydrogen-bond acceptors (Lipinski definition) is 2. The third-order valence-corrected chi connectivity index (χ3v) is 1.78. The maximum Gasteiger partial charge on any atom is 0.453 e. The van der Waals surface area contributed by atoms with Crippen LogP contribution < -0.4 is 0 Å². The van der Waals surface area contributed by atoms with Crippen molar-refractivity contribution in [3.8, 4) is 0 Å². The first-order valence-corrected chi connectivity index (χ1v) is 3.55. The van der Waals surface area contributed by atoms with Crippen molar-refractivity contribution >= 4 is 0 Å². The molecule has 0 radical (unpaired) electrons. The van der Waals surface area contributed by atoms with E-state index in [0.29, 0.717) is 0 Å². The zero-order valence-corrected chi connectivity index (χ0v) is 6.34. The molecule has 0 aromatic heterocycles. The molecule has 1 aromatic rings. The summed E-state index contributed by atoms with van der Waals surface area (Å²) in [6, 6.07) is 7.22. The smallest absolute Gasteiger partial charge is 0.179 e. The van der Waals surface area contributed by atoms with Crippen LogP contribution in [-0.2, 0) is 15.6 Å². The number of alkyl halides is 3. The first kappa shape index (κ1) is 8.52. The minimum atomic E-state index is -4.53. The maximum absolute atomic E-state index is 12.3. The molecule has 1 fully saturated rings.